The Hall–Kier alpha value is -2.14. The van der Waals surface area contributed by atoms with Crippen molar-refractivity contribution in [3.63, 3.8) is 0 Å². The van der Waals surface area contributed by atoms with E-state index in [4.69, 9.17) is 0 Å². The first-order valence-electron chi connectivity index (χ1n) is 8.57. The van der Waals surface area contributed by atoms with Crippen LogP contribution in [0.1, 0.15) is 55.1 Å². The van der Waals surface area contributed by atoms with Crippen LogP contribution in [0, 0.1) is 30.6 Å². The van der Waals surface area contributed by atoms with Crippen molar-refractivity contribution >= 4 is 0 Å². The van der Waals surface area contributed by atoms with Crippen molar-refractivity contribution in [2.75, 3.05) is 0 Å². The Labute approximate surface area is 139 Å². The second-order valence-corrected chi connectivity index (χ2v) is 6.78. The second kappa shape index (κ2) is 7.42. The zero-order valence-corrected chi connectivity index (χ0v) is 14.0. The van der Waals surface area contributed by atoms with Gasteiger partial charge in [0.05, 0.1) is 0 Å². The van der Waals surface area contributed by atoms with Crippen LogP contribution < -0.4 is 0 Å². The Morgan fingerprint density at radius 2 is 1.65 bits per heavy atom. The predicted octanol–water partition coefficient (Wildman–Crippen LogP) is 4.55. The van der Waals surface area contributed by atoms with Crippen LogP contribution in [0.25, 0.3) is 0 Å². The lowest BCUT2D eigenvalue weighted by atomic mass is 9.83. The lowest BCUT2D eigenvalue weighted by molar-refractivity contribution is 0.337. The molecule has 1 aliphatic carbocycles. The first-order valence-corrected chi connectivity index (χ1v) is 8.57. The number of hydrogen-bond acceptors (Lipinski definition) is 2. The maximum Gasteiger partial charge on any atom is 0.132 e. The Bertz CT molecular complexity index is 681. The predicted molar refractivity (Wildman–Crippen MR) is 94.0 cm³/mol. The molecule has 1 aromatic heterocycles. The fourth-order valence-electron chi connectivity index (χ4n) is 2.99. The summed E-state index contributed by atoms with van der Waals surface area (Å²) in [6.45, 7) is 4.35. The molecule has 1 aromatic carbocycles. The lowest BCUT2D eigenvalue weighted by Crippen LogP contribution is -2.10. The molecule has 3 rings (SSSR count). The third-order valence-corrected chi connectivity index (χ3v) is 4.59. The molecule has 0 saturated heterocycles. The molecule has 2 aromatic rings. The van der Waals surface area contributed by atoms with Crippen LogP contribution in [0.15, 0.2) is 36.7 Å². The normalized spacial score (nSPS) is 20.6. The first kappa shape index (κ1) is 15.7. The minimum Gasteiger partial charge on any atom is -0.241 e. The summed E-state index contributed by atoms with van der Waals surface area (Å²) in [7, 11) is 0. The van der Waals surface area contributed by atoms with Crippen molar-refractivity contribution in [2.24, 2.45) is 11.8 Å². The van der Waals surface area contributed by atoms with Crippen molar-refractivity contribution < 1.29 is 0 Å². The fourth-order valence-corrected chi connectivity index (χ4v) is 2.99. The fraction of sp³-hybridized carbons (Fsp3) is 0.429. The maximum absolute atomic E-state index is 4.36. The van der Waals surface area contributed by atoms with E-state index in [2.05, 4.69) is 53.0 Å². The van der Waals surface area contributed by atoms with E-state index in [0.29, 0.717) is 5.92 Å². The molecule has 118 valence electrons. The van der Waals surface area contributed by atoms with Gasteiger partial charge in [0, 0.05) is 30.3 Å². The molecular weight excluding hydrogens is 280 g/mol. The smallest absolute Gasteiger partial charge is 0.132 e. The average molecular weight is 304 g/mol. The Morgan fingerprint density at radius 3 is 2.30 bits per heavy atom. The molecule has 1 saturated carbocycles. The molecule has 0 N–H and O–H groups in total. The van der Waals surface area contributed by atoms with E-state index >= 15 is 0 Å². The van der Waals surface area contributed by atoms with E-state index in [1.54, 1.807) is 0 Å². The highest BCUT2D eigenvalue weighted by atomic mass is 14.9. The zero-order chi connectivity index (χ0) is 16.1. The van der Waals surface area contributed by atoms with Crippen LogP contribution >= 0.6 is 0 Å². The summed E-state index contributed by atoms with van der Waals surface area (Å²) in [5, 5.41) is 0. The third-order valence-electron chi connectivity index (χ3n) is 4.59. The van der Waals surface area contributed by atoms with Crippen LogP contribution in [-0.4, -0.2) is 9.97 Å². The standard InChI is InChI=1S/C21H24N2/c1-16-3-5-18(6-4-16)7-8-19-9-11-20(12-10-19)13-21-22-14-17(2)15-23-21/h9-12,14-16,18H,3-6,13H2,1-2H3. The molecule has 0 unspecified atom stereocenters. The van der Waals surface area contributed by atoms with Gasteiger partial charge in [0.1, 0.15) is 5.82 Å². The maximum atomic E-state index is 4.36. The number of benzene rings is 1. The van der Waals surface area contributed by atoms with Crippen molar-refractivity contribution in [2.45, 2.75) is 46.0 Å². The minimum absolute atomic E-state index is 0.590. The molecule has 1 heterocycles. The SMILES string of the molecule is Cc1cnc(Cc2ccc(C#CC3CCC(C)CC3)cc2)nc1. The van der Waals surface area contributed by atoms with Gasteiger partial charge in [0.2, 0.25) is 0 Å². The highest BCUT2D eigenvalue weighted by Crippen LogP contribution is 2.27. The van der Waals surface area contributed by atoms with Crippen LogP contribution in [0.3, 0.4) is 0 Å². The number of aryl methyl sites for hydroxylation is 1. The molecule has 1 aliphatic rings. The van der Waals surface area contributed by atoms with Gasteiger partial charge < -0.3 is 0 Å². The Kier molecular flexibility index (Phi) is 5.08. The molecule has 0 aliphatic heterocycles. The van der Waals surface area contributed by atoms with E-state index in [0.717, 1.165) is 29.3 Å². The molecule has 2 nitrogen and oxygen atoms in total. The molecule has 0 bridgehead atoms. The molecular formula is C21H24N2. The van der Waals surface area contributed by atoms with Crippen molar-refractivity contribution in [1.82, 2.24) is 9.97 Å². The van der Waals surface area contributed by atoms with Crippen molar-refractivity contribution in [3.8, 4) is 11.8 Å². The van der Waals surface area contributed by atoms with E-state index in [1.165, 1.54) is 31.2 Å². The molecule has 2 heteroatoms. The van der Waals surface area contributed by atoms with Gasteiger partial charge in [0.25, 0.3) is 0 Å². The number of nitrogens with zero attached hydrogens (tertiary/aromatic N) is 2. The van der Waals surface area contributed by atoms with Crippen molar-refractivity contribution in [1.29, 1.82) is 0 Å². The van der Waals surface area contributed by atoms with E-state index in [-0.39, 0.29) is 0 Å². The molecule has 0 radical (unpaired) electrons. The second-order valence-electron chi connectivity index (χ2n) is 6.78. The molecule has 0 spiro atoms. The summed E-state index contributed by atoms with van der Waals surface area (Å²) >= 11 is 0. The summed E-state index contributed by atoms with van der Waals surface area (Å²) in [4.78, 5) is 8.72. The van der Waals surface area contributed by atoms with Crippen LogP contribution in [-0.2, 0) is 6.42 Å². The molecule has 0 atom stereocenters. The van der Waals surface area contributed by atoms with Gasteiger partial charge in [-0.2, -0.15) is 0 Å². The zero-order valence-electron chi connectivity index (χ0n) is 14.0. The van der Waals surface area contributed by atoms with Gasteiger partial charge in [-0.3, -0.25) is 0 Å². The van der Waals surface area contributed by atoms with E-state index < -0.39 is 0 Å². The summed E-state index contributed by atoms with van der Waals surface area (Å²) in [5.74, 6) is 9.15. The summed E-state index contributed by atoms with van der Waals surface area (Å²) in [6, 6.07) is 8.50. The monoisotopic (exact) mass is 304 g/mol. The lowest BCUT2D eigenvalue weighted by Gasteiger charge is -2.21. The summed E-state index contributed by atoms with van der Waals surface area (Å²) in [5.41, 5.74) is 3.43. The van der Waals surface area contributed by atoms with Crippen LogP contribution in [0.2, 0.25) is 0 Å². The summed E-state index contributed by atoms with van der Waals surface area (Å²) < 4.78 is 0. The number of rotatable bonds is 2. The quantitative estimate of drug-likeness (QED) is 0.760. The topological polar surface area (TPSA) is 25.8 Å². The van der Waals surface area contributed by atoms with Crippen LogP contribution in [0.5, 0.6) is 0 Å². The third kappa shape index (κ3) is 4.66. The van der Waals surface area contributed by atoms with Crippen molar-refractivity contribution in [3.05, 3.63) is 59.2 Å². The molecule has 1 fully saturated rings. The van der Waals surface area contributed by atoms with Crippen LogP contribution in [0.4, 0.5) is 0 Å². The van der Waals surface area contributed by atoms with Gasteiger partial charge in [-0.05, 0) is 61.8 Å². The van der Waals surface area contributed by atoms with Gasteiger partial charge in [-0.1, -0.05) is 30.9 Å². The van der Waals surface area contributed by atoms with E-state index in [9.17, 15) is 0 Å². The van der Waals surface area contributed by atoms with Gasteiger partial charge >= 0.3 is 0 Å². The Balaban J connectivity index is 1.60. The Morgan fingerprint density at radius 1 is 1.00 bits per heavy atom. The number of hydrogen-bond donors (Lipinski definition) is 0. The number of aromatic nitrogens is 2. The van der Waals surface area contributed by atoms with Gasteiger partial charge in [-0.25, -0.2) is 9.97 Å². The molecule has 23 heavy (non-hydrogen) atoms. The highest BCUT2D eigenvalue weighted by molar-refractivity contribution is 5.37. The average Bonchev–Trinajstić information content (AvgIpc) is 2.58. The molecule has 0 amide bonds. The minimum atomic E-state index is 0.590. The van der Waals surface area contributed by atoms with Gasteiger partial charge in [0.15, 0.2) is 0 Å². The highest BCUT2D eigenvalue weighted by Gasteiger charge is 2.15. The first-order chi connectivity index (χ1) is 11.2. The van der Waals surface area contributed by atoms with E-state index in [1.807, 2.05) is 19.3 Å². The largest absolute Gasteiger partial charge is 0.241 e. The van der Waals surface area contributed by atoms with Gasteiger partial charge in [-0.15, -0.1) is 0 Å². The summed E-state index contributed by atoms with van der Waals surface area (Å²) in [6.07, 6.45) is 9.69.